The predicted molar refractivity (Wildman–Crippen MR) is 71.7 cm³/mol. The average Bonchev–Trinajstić information content (AvgIpc) is 2.79. The lowest BCUT2D eigenvalue weighted by Crippen LogP contribution is -2.57. The maximum absolute atomic E-state index is 12.0. The standard InChI is InChI=1S/C15H11N5O2/c1-10-5-12-15(8-18,9-19)14(6-16,7-17)11(10)3-4-20(12)13(21)22-2/h3-5,11-12H,1-2H3/t11-,12+/m0/s1. The van der Waals surface area contributed by atoms with E-state index in [1.807, 2.05) is 24.3 Å². The minimum atomic E-state index is -2.02. The van der Waals surface area contributed by atoms with Crippen LogP contribution in [-0.2, 0) is 4.74 Å². The van der Waals surface area contributed by atoms with E-state index in [9.17, 15) is 25.8 Å². The summed E-state index contributed by atoms with van der Waals surface area (Å²) in [6.07, 6.45) is 3.66. The summed E-state index contributed by atoms with van der Waals surface area (Å²) < 4.78 is 4.67. The number of hydrogen-bond acceptors (Lipinski definition) is 6. The van der Waals surface area contributed by atoms with Crippen LogP contribution in [0.2, 0.25) is 0 Å². The van der Waals surface area contributed by atoms with Crippen molar-refractivity contribution in [3.8, 4) is 24.3 Å². The van der Waals surface area contributed by atoms with E-state index in [-0.39, 0.29) is 0 Å². The number of allylic oxidation sites excluding steroid dienone is 2. The van der Waals surface area contributed by atoms with Crippen molar-refractivity contribution >= 4 is 6.09 Å². The highest BCUT2D eigenvalue weighted by Crippen LogP contribution is 2.56. The van der Waals surface area contributed by atoms with Gasteiger partial charge in [0.2, 0.25) is 0 Å². The van der Waals surface area contributed by atoms with E-state index in [0.29, 0.717) is 5.57 Å². The van der Waals surface area contributed by atoms with Crippen LogP contribution in [0.15, 0.2) is 23.9 Å². The van der Waals surface area contributed by atoms with Crippen LogP contribution in [0.5, 0.6) is 0 Å². The van der Waals surface area contributed by atoms with Gasteiger partial charge in [-0.25, -0.2) is 4.79 Å². The van der Waals surface area contributed by atoms with Gasteiger partial charge in [0, 0.05) is 12.1 Å². The Morgan fingerprint density at radius 2 is 1.73 bits per heavy atom. The molecule has 0 aromatic carbocycles. The van der Waals surface area contributed by atoms with E-state index in [4.69, 9.17) is 0 Å². The van der Waals surface area contributed by atoms with E-state index in [1.54, 1.807) is 13.0 Å². The Bertz CT molecular complexity index is 725. The highest BCUT2D eigenvalue weighted by Gasteiger charge is 2.67. The SMILES string of the molecule is COC(=O)N1C=C[C@H]2C(C)=C[C@@H]1C(C#N)(C#N)C2(C#N)C#N. The third-order valence-electron chi connectivity index (χ3n) is 4.27. The number of nitrogens with zero attached hydrogens (tertiary/aromatic N) is 5. The molecule has 1 amide bonds. The molecule has 2 bridgehead atoms. The van der Waals surface area contributed by atoms with Crippen molar-refractivity contribution in [1.82, 2.24) is 4.90 Å². The lowest BCUT2D eigenvalue weighted by atomic mass is 9.52. The zero-order valence-electron chi connectivity index (χ0n) is 11.9. The highest BCUT2D eigenvalue weighted by molar-refractivity contribution is 5.71. The number of methoxy groups -OCH3 is 1. The molecule has 0 radical (unpaired) electrons. The fourth-order valence-corrected chi connectivity index (χ4v) is 3.11. The number of fused-ring (bicyclic) bond motifs is 2. The summed E-state index contributed by atoms with van der Waals surface area (Å²) in [6, 6.07) is 6.29. The number of ether oxygens (including phenoxy) is 1. The molecule has 2 atom stereocenters. The van der Waals surface area contributed by atoms with Crippen LogP contribution in [0.4, 0.5) is 4.79 Å². The van der Waals surface area contributed by atoms with Gasteiger partial charge in [-0.1, -0.05) is 17.7 Å². The van der Waals surface area contributed by atoms with Gasteiger partial charge in [0.05, 0.1) is 37.4 Å². The molecule has 2 aliphatic heterocycles. The van der Waals surface area contributed by atoms with Crippen molar-refractivity contribution in [2.75, 3.05) is 7.11 Å². The van der Waals surface area contributed by atoms with Crippen LogP contribution in [0, 0.1) is 62.1 Å². The van der Waals surface area contributed by atoms with Crippen LogP contribution in [0.25, 0.3) is 0 Å². The molecule has 0 aromatic heterocycles. The second-order valence-electron chi connectivity index (χ2n) is 5.12. The summed E-state index contributed by atoms with van der Waals surface area (Å²) in [6.45, 7) is 1.70. The van der Waals surface area contributed by atoms with Gasteiger partial charge in [0.25, 0.3) is 0 Å². The second kappa shape index (κ2) is 4.92. The van der Waals surface area contributed by atoms with E-state index < -0.39 is 28.9 Å². The molecule has 3 rings (SSSR count). The molecule has 108 valence electrons. The van der Waals surface area contributed by atoms with Crippen molar-refractivity contribution in [2.45, 2.75) is 13.0 Å². The zero-order chi connectivity index (χ0) is 16.5. The molecule has 7 heteroatoms. The fourth-order valence-electron chi connectivity index (χ4n) is 3.11. The zero-order valence-corrected chi connectivity index (χ0v) is 11.9. The molecular weight excluding hydrogens is 282 g/mol. The molecular formula is C15H11N5O2. The Balaban J connectivity index is 2.86. The Morgan fingerprint density at radius 3 is 2.18 bits per heavy atom. The molecule has 7 nitrogen and oxygen atoms in total. The molecule has 0 fully saturated rings. The first-order chi connectivity index (χ1) is 10.5. The molecule has 0 saturated heterocycles. The first-order valence-corrected chi connectivity index (χ1v) is 6.36. The third kappa shape index (κ3) is 1.48. The van der Waals surface area contributed by atoms with Crippen molar-refractivity contribution in [2.24, 2.45) is 16.7 Å². The van der Waals surface area contributed by atoms with Crippen molar-refractivity contribution in [3.05, 3.63) is 23.9 Å². The molecule has 3 aliphatic rings. The van der Waals surface area contributed by atoms with E-state index >= 15 is 0 Å². The monoisotopic (exact) mass is 293 g/mol. The topological polar surface area (TPSA) is 125 Å². The highest BCUT2D eigenvalue weighted by atomic mass is 16.5. The summed E-state index contributed by atoms with van der Waals surface area (Å²) in [7, 11) is 1.17. The first-order valence-electron chi connectivity index (χ1n) is 6.36. The lowest BCUT2D eigenvalue weighted by molar-refractivity contribution is 0.0987. The molecule has 0 aromatic rings. The average molecular weight is 293 g/mol. The van der Waals surface area contributed by atoms with E-state index in [2.05, 4.69) is 4.74 Å². The molecule has 0 spiro atoms. The maximum Gasteiger partial charge on any atom is 0.414 e. The number of carbonyl (C=O) groups excluding carboxylic acids is 1. The van der Waals surface area contributed by atoms with Crippen LogP contribution >= 0.6 is 0 Å². The summed E-state index contributed by atoms with van der Waals surface area (Å²) in [5, 5.41) is 38.5. The Labute approximate surface area is 127 Å². The molecule has 0 saturated carbocycles. The Kier molecular flexibility index (Phi) is 3.38. The Hall–Kier alpha value is -3.29. The number of hydrogen-bond donors (Lipinski definition) is 0. The normalized spacial score (nSPS) is 26.5. The van der Waals surface area contributed by atoms with Crippen LogP contribution < -0.4 is 0 Å². The Morgan fingerprint density at radius 1 is 1.18 bits per heavy atom. The molecule has 2 heterocycles. The summed E-state index contributed by atoms with van der Waals surface area (Å²) in [4.78, 5) is 13.0. The van der Waals surface area contributed by atoms with Crippen molar-refractivity contribution in [3.63, 3.8) is 0 Å². The maximum atomic E-state index is 12.0. The van der Waals surface area contributed by atoms with Gasteiger partial charge in [0.1, 0.15) is 0 Å². The van der Waals surface area contributed by atoms with Gasteiger partial charge in [0.15, 0.2) is 10.8 Å². The van der Waals surface area contributed by atoms with Gasteiger partial charge < -0.3 is 4.74 Å². The quantitative estimate of drug-likeness (QED) is 0.624. The fraction of sp³-hybridized carbons (Fsp3) is 0.400. The number of nitriles is 4. The van der Waals surface area contributed by atoms with Gasteiger partial charge in [-0.2, -0.15) is 21.0 Å². The van der Waals surface area contributed by atoms with E-state index in [0.717, 1.165) is 4.90 Å². The molecule has 0 unspecified atom stereocenters. The number of rotatable bonds is 0. The smallest absolute Gasteiger partial charge is 0.414 e. The minimum absolute atomic E-state index is 0.650. The molecule has 1 aliphatic carbocycles. The number of amides is 1. The predicted octanol–water partition coefficient (Wildman–Crippen LogP) is 1.59. The van der Waals surface area contributed by atoms with Gasteiger partial charge in [-0.05, 0) is 6.92 Å². The van der Waals surface area contributed by atoms with Crippen molar-refractivity contribution in [1.29, 1.82) is 21.0 Å². The van der Waals surface area contributed by atoms with Crippen LogP contribution in [0.1, 0.15) is 6.92 Å². The van der Waals surface area contributed by atoms with E-state index in [1.165, 1.54) is 19.4 Å². The molecule has 0 N–H and O–H groups in total. The lowest BCUT2D eigenvalue weighted by Gasteiger charge is -2.44. The third-order valence-corrected chi connectivity index (χ3v) is 4.27. The summed E-state index contributed by atoms with van der Waals surface area (Å²) in [5.41, 5.74) is -3.27. The summed E-state index contributed by atoms with van der Waals surface area (Å²) >= 11 is 0. The second-order valence-corrected chi connectivity index (χ2v) is 5.12. The molecule has 22 heavy (non-hydrogen) atoms. The van der Waals surface area contributed by atoms with Gasteiger partial charge >= 0.3 is 6.09 Å². The van der Waals surface area contributed by atoms with Crippen LogP contribution in [0.3, 0.4) is 0 Å². The summed E-state index contributed by atoms with van der Waals surface area (Å²) in [5.74, 6) is -0.757. The van der Waals surface area contributed by atoms with Crippen molar-refractivity contribution < 1.29 is 9.53 Å². The largest absolute Gasteiger partial charge is 0.452 e. The van der Waals surface area contributed by atoms with Crippen LogP contribution in [-0.4, -0.2) is 24.1 Å². The first kappa shape index (κ1) is 15.1. The minimum Gasteiger partial charge on any atom is -0.452 e. The van der Waals surface area contributed by atoms with Gasteiger partial charge in [-0.15, -0.1) is 0 Å². The van der Waals surface area contributed by atoms with Gasteiger partial charge in [-0.3, -0.25) is 4.90 Å². The number of carbonyl (C=O) groups is 1.